The predicted octanol–water partition coefficient (Wildman–Crippen LogP) is 2.65. The summed E-state index contributed by atoms with van der Waals surface area (Å²) < 4.78 is 20.5. The first-order chi connectivity index (χ1) is 13.6. The number of hydrogen-bond donors (Lipinski definition) is 2. The molecule has 1 fully saturated rings. The van der Waals surface area contributed by atoms with Crippen molar-refractivity contribution in [2.45, 2.75) is 24.2 Å². The molecule has 3 aromatic rings. The van der Waals surface area contributed by atoms with Gasteiger partial charge in [-0.15, -0.1) is 0 Å². The molecule has 4 rings (SSSR count). The number of carbonyl (C=O) groups is 1. The number of rotatable bonds is 5. The lowest BCUT2D eigenvalue weighted by atomic mass is 10.0. The van der Waals surface area contributed by atoms with Crippen LogP contribution in [0.5, 0.6) is 5.75 Å². The molecule has 28 heavy (non-hydrogen) atoms. The number of nitrogens with one attached hydrogen (secondary N) is 2. The number of hydrogen-bond acceptors (Lipinski definition) is 5. The average molecular weight is 398 g/mol. The maximum atomic E-state index is 13.4. The van der Waals surface area contributed by atoms with Gasteiger partial charge in [0.25, 0.3) is 0 Å². The third-order valence-electron chi connectivity index (χ3n) is 4.92. The van der Waals surface area contributed by atoms with Gasteiger partial charge in [-0.1, -0.05) is 0 Å². The van der Waals surface area contributed by atoms with Crippen LogP contribution in [0.25, 0.3) is 11.0 Å². The van der Waals surface area contributed by atoms with E-state index in [4.69, 9.17) is 4.74 Å². The third kappa shape index (κ3) is 3.41. The number of aromatic nitrogens is 2. The molecule has 2 atom stereocenters. The number of anilines is 1. The maximum absolute atomic E-state index is 13.4. The van der Waals surface area contributed by atoms with E-state index >= 15 is 0 Å². The molecule has 1 aliphatic heterocycles. The van der Waals surface area contributed by atoms with Gasteiger partial charge in [0.2, 0.25) is 5.91 Å². The Kier molecular flexibility index (Phi) is 5.15. The van der Waals surface area contributed by atoms with Crippen molar-refractivity contribution in [2.75, 3.05) is 25.5 Å². The smallest absolute Gasteiger partial charge is 0.221 e. The van der Waals surface area contributed by atoms with Crippen molar-refractivity contribution in [3.8, 4) is 5.75 Å². The van der Waals surface area contributed by atoms with Gasteiger partial charge in [-0.3, -0.25) is 13.8 Å². The van der Waals surface area contributed by atoms with Gasteiger partial charge in [0.15, 0.2) is 11.0 Å². The first-order valence-electron chi connectivity index (χ1n) is 9.13. The van der Waals surface area contributed by atoms with E-state index in [9.17, 15) is 9.00 Å². The van der Waals surface area contributed by atoms with Crippen LogP contribution in [-0.2, 0) is 15.8 Å². The van der Waals surface area contributed by atoms with E-state index in [1.807, 2.05) is 18.3 Å². The second-order valence-corrected chi connectivity index (χ2v) is 8.13. The van der Waals surface area contributed by atoms with Crippen molar-refractivity contribution in [3.63, 3.8) is 0 Å². The third-order valence-corrected chi connectivity index (χ3v) is 6.23. The standard InChI is InChI=1S/C20H22N4O3S/c1-13(25)23-17-6-5-15(10-19(17)27-2)28(26)24-12-16(14-7-9-21-11-14)20-18(24)4-3-8-22-20/h3-6,8,10,12,14,21H,7,9,11H2,1-2H3,(H,23,25). The van der Waals surface area contributed by atoms with E-state index in [0.717, 1.165) is 36.1 Å². The summed E-state index contributed by atoms with van der Waals surface area (Å²) >= 11 is 0. The van der Waals surface area contributed by atoms with E-state index in [2.05, 4.69) is 15.6 Å². The summed E-state index contributed by atoms with van der Waals surface area (Å²) in [6.07, 6.45) is 4.77. The van der Waals surface area contributed by atoms with Crippen LogP contribution in [0.15, 0.2) is 47.6 Å². The van der Waals surface area contributed by atoms with E-state index in [0.29, 0.717) is 22.3 Å². The number of benzene rings is 1. The molecule has 146 valence electrons. The van der Waals surface area contributed by atoms with Gasteiger partial charge in [-0.2, -0.15) is 0 Å². The first-order valence-corrected chi connectivity index (χ1v) is 10.2. The van der Waals surface area contributed by atoms with Crippen LogP contribution >= 0.6 is 0 Å². The number of methoxy groups -OCH3 is 1. The minimum Gasteiger partial charge on any atom is -0.495 e. The van der Waals surface area contributed by atoms with Crippen molar-refractivity contribution in [2.24, 2.45) is 0 Å². The van der Waals surface area contributed by atoms with Crippen molar-refractivity contribution >= 4 is 33.6 Å². The first kappa shape index (κ1) is 18.6. The summed E-state index contributed by atoms with van der Waals surface area (Å²) in [5.74, 6) is 0.646. The molecule has 0 bridgehead atoms. The van der Waals surface area contributed by atoms with E-state index < -0.39 is 11.0 Å². The second-order valence-electron chi connectivity index (χ2n) is 6.76. The van der Waals surface area contributed by atoms with Gasteiger partial charge in [-0.25, -0.2) is 4.21 Å². The molecule has 2 N–H and O–H groups in total. The van der Waals surface area contributed by atoms with E-state index in [1.54, 1.807) is 28.4 Å². The minimum atomic E-state index is -1.47. The SMILES string of the molecule is COc1cc(S(=O)n2cc(C3CCNC3)c3ncccc32)ccc1NC(C)=O. The highest BCUT2D eigenvalue weighted by atomic mass is 32.2. The molecule has 1 aromatic carbocycles. The Morgan fingerprint density at radius 3 is 2.96 bits per heavy atom. The molecule has 0 spiro atoms. The number of nitrogens with zero attached hydrogens (tertiary/aromatic N) is 2. The molecule has 0 radical (unpaired) electrons. The van der Waals surface area contributed by atoms with Crippen LogP contribution in [0.2, 0.25) is 0 Å². The Labute approximate surface area is 165 Å². The van der Waals surface area contributed by atoms with Crippen molar-refractivity contribution in [1.82, 2.24) is 14.3 Å². The van der Waals surface area contributed by atoms with Gasteiger partial charge < -0.3 is 15.4 Å². The molecule has 0 aliphatic carbocycles. The van der Waals surface area contributed by atoms with E-state index in [-0.39, 0.29) is 5.91 Å². The van der Waals surface area contributed by atoms with Crippen LogP contribution in [0, 0.1) is 0 Å². The zero-order chi connectivity index (χ0) is 19.7. The molecule has 1 aliphatic rings. The topological polar surface area (TPSA) is 85.2 Å². The Hall–Kier alpha value is -2.71. The zero-order valence-electron chi connectivity index (χ0n) is 15.8. The Bertz CT molecular complexity index is 1060. The number of fused-ring (bicyclic) bond motifs is 1. The molecular weight excluding hydrogens is 376 g/mol. The number of carbonyl (C=O) groups excluding carboxylic acids is 1. The summed E-state index contributed by atoms with van der Waals surface area (Å²) in [6.45, 7) is 3.32. The van der Waals surface area contributed by atoms with Gasteiger partial charge in [-0.05, 0) is 37.2 Å². The lowest BCUT2D eigenvalue weighted by molar-refractivity contribution is -0.114. The van der Waals surface area contributed by atoms with Gasteiger partial charge in [0.1, 0.15) is 5.75 Å². The normalized spacial score (nSPS) is 17.6. The van der Waals surface area contributed by atoms with Crippen LogP contribution in [0.4, 0.5) is 5.69 Å². The molecular formula is C20H22N4O3S. The highest BCUT2D eigenvalue weighted by Gasteiger charge is 2.24. The highest BCUT2D eigenvalue weighted by molar-refractivity contribution is 7.83. The van der Waals surface area contributed by atoms with Gasteiger partial charge in [0.05, 0.1) is 28.7 Å². The lowest BCUT2D eigenvalue weighted by Gasteiger charge is -2.11. The molecule has 3 heterocycles. The molecule has 8 heteroatoms. The fourth-order valence-electron chi connectivity index (χ4n) is 3.60. The summed E-state index contributed by atoms with van der Waals surface area (Å²) in [5.41, 5.74) is 3.40. The Morgan fingerprint density at radius 1 is 1.39 bits per heavy atom. The number of amides is 1. The Balaban J connectivity index is 1.76. The summed E-state index contributed by atoms with van der Waals surface area (Å²) in [4.78, 5) is 16.5. The maximum Gasteiger partial charge on any atom is 0.221 e. The Morgan fingerprint density at radius 2 is 2.25 bits per heavy atom. The van der Waals surface area contributed by atoms with Gasteiger partial charge in [0, 0.05) is 43.4 Å². The van der Waals surface area contributed by atoms with Crippen LogP contribution < -0.4 is 15.4 Å². The summed E-state index contributed by atoms with van der Waals surface area (Å²) in [7, 11) is 0.0514. The largest absolute Gasteiger partial charge is 0.495 e. The average Bonchev–Trinajstić information content (AvgIpc) is 3.35. The van der Waals surface area contributed by atoms with Crippen molar-refractivity contribution < 1.29 is 13.7 Å². The predicted molar refractivity (Wildman–Crippen MR) is 109 cm³/mol. The molecule has 7 nitrogen and oxygen atoms in total. The molecule has 0 saturated carbocycles. The summed E-state index contributed by atoms with van der Waals surface area (Å²) in [5, 5.41) is 6.09. The van der Waals surface area contributed by atoms with Crippen molar-refractivity contribution in [1.29, 1.82) is 0 Å². The second kappa shape index (κ2) is 7.73. The van der Waals surface area contributed by atoms with Crippen LogP contribution in [0.1, 0.15) is 24.8 Å². The zero-order valence-corrected chi connectivity index (χ0v) is 16.6. The molecule has 1 saturated heterocycles. The number of ether oxygens (including phenoxy) is 1. The summed E-state index contributed by atoms with van der Waals surface area (Å²) in [6, 6.07) is 8.94. The number of pyridine rings is 1. The van der Waals surface area contributed by atoms with Crippen LogP contribution in [-0.4, -0.2) is 39.3 Å². The quantitative estimate of drug-likeness (QED) is 0.690. The molecule has 2 aromatic heterocycles. The van der Waals surface area contributed by atoms with Gasteiger partial charge >= 0.3 is 0 Å². The fraction of sp³-hybridized carbons (Fsp3) is 0.300. The fourth-order valence-corrected chi connectivity index (χ4v) is 4.75. The van der Waals surface area contributed by atoms with Crippen molar-refractivity contribution in [3.05, 3.63) is 48.3 Å². The van der Waals surface area contributed by atoms with E-state index in [1.165, 1.54) is 14.0 Å². The lowest BCUT2D eigenvalue weighted by Crippen LogP contribution is -2.09. The molecule has 2 unspecified atom stereocenters. The van der Waals surface area contributed by atoms with Crippen LogP contribution in [0.3, 0.4) is 0 Å². The highest BCUT2D eigenvalue weighted by Crippen LogP contribution is 2.33. The minimum absolute atomic E-state index is 0.190. The monoisotopic (exact) mass is 398 g/mol. The molecule has 1 amide bonds.